The van der Waals surface area contributed by atoms with Gasteiger partial charge in [0.2, 0.25) is 5.91 Å². The molecule has 2 atom stereocenters. The van der Waals surface area contributed by atoms with Crippen LogP contribution in [0.25, 0.3) is 0 Å². The van der Waals surface area contributed by atoms with Crippen molar-refractivity contribution in [2.24, 2.45) is 0 Å². The minimum Gasteiger partial charge on any atom is -0.493 e. The summed E-state index contributed by atoms with van der Waals surface area (Å²) in [6.45, 7) is 1.16. The zero-order chi connectivity index (χ0) is 14.8. The number of carboxylic acids is 1. The van der Waals surface area contributed by atoms with E-state index in [-0.39, 0.29) is 5.91 Å². The van der Waals surface area contributed by atoms with E-state index in [0.29, 0.717) is 25.2 Å². The highest BCUT2D eigenvalue weighted by Crippen LogP contribution is 2.28. The fraction of sp³-hybridized carbons (Fsp3) is 0.467. The van der Waals surface area contributed by atoms with Crippen molar-refractivity contribution < 1.29 is 24.2 Å². The number of benzene rings is 1. The topological polar surface area (TPSA) is 84.9 Å². The summed E-state index contributed by atoms with van der Waals surface area (Å²) in [5.74, 6) is -0.662. The van der Waals surface area contributed by atoms with E-state index in [1.807, 2.05) is 0 Å². The lowest BCUT2D eigenvalue weighted by molar-refractivity contribution is -0.143. The largest absolute Gasteiger partial charge is 0.493 e. The Labute approximate surface area is 122 Å². The molecule has 2 N–H and O–H groups in total. The van der Waals surface area contributed by atoms with Crippen LogP contribution >= 0.6 is 0 Å². The van der Waals surface area contributed by atoms with Crippen LogP contribution in [0.3, 0.4) is 0 Å². The molecule has 1 aromatic rings. The Morgan fingerprint density at radius 2 is 2.19 bits per heavy atom. The highest BCUT2D eigenvalue weighted by Gasteiger charge is 2.29. The predicted molar refractivity (Wildman–Crippen MR) is 73.1 cm³/mol. The number of hydrogen-bond acceptors (Lipinski definition) is 4. The van der Waals surface area contributed by atoms with Crippen LogP contribution < -0.4 is 10.1 Å². The Hall–Kier alpha value is -2.08. The first-order chi connectivity index (χ1) is 10.1. The monoisotopic (exact) mass is 291 g/mol. The van der Waals surface area contributed by atoms with Gasteiger partial charge >= 0.3 is 5.97 Å². The summed E-state index contributed by atoms with van der Waals surface area (Å²) in [5, 5.41) is 11.9. The van der Waals surface area contributed by atoms with Gasteiger partial charge in [0.05, 0.1) is 6.61 Å². The molecule has 6 heteroatoms. The number of hydrogen-bond donors (Lipinski definition) is 2. The molecule has 2 unspecified atom stereocenters. The molecule has 1 saturated heterocycles. The van der Waals surface area contributed by atoms with Crippen molar-refractivity contribution in [3.63, 3.8) is 0 Å². The van der Waals surface area contributed by atoms with Crippen LogP contribution in [0, 0.1) is 0 Å². The van der Waals surface area contributed by atoms with Crippen molar-refractivity contribution in [3.8, 4) is 5.75 Å². The molecule has 6 nitrogen and oxygen atoms in total. The summed E-state index contributed by atoms with van der Waals surface area (Å²) in [6, 6.07) is 4.16. The average Bonchev–Trinajstić information content (AvgIpc) is 3.13. The van der Waals surface area contributed by atoms with Crippen molar-refractivity contribution in [2.45, 2.75) is 31.4 Å². The van der Waals surface area contributed by atoms with Gasteiger partial charge in [0, 0.05) is 13.0 Å². The predicted octanol–water partition coefficient (Wildman–Crippen LogP) is 1.04. The van der Waals surface area contributed by atoms with Gasteiger partial charge in [-0.2, -0.15) is 0 Å². The number of rotatable bonds is 4. The van der Waals surface area contributed by atoms with Gasteiger partial charge in [-0.25, -0.2) is 4.79 Å². The fourth-order valence-corrected chi connectivity index (χ4v) is 2.69. The van der Waals surface area contributed by atoms with E-state index in [4.69, 9.17) is 9.47 Å². The molecule has 0 spiro atoms. The fourth-order valence-electron chi connectivity index (χ4n) is 2.69. The zero-order valence-electron chi connectivity index (χ0n) is 11.5. The second-order valence-electron chi connectivity index (χ2n) is 5.25. The molecule has 21 heavy (non-hydrogen) atoms. The lowest BCUT2D eigenvalue weighted by atomic mass is 10.0. The molecule has 0 radical (unpaired) electrons. The minimum absolute atomic E-state index is 0.364. The number of ether oxygens (including phenoxy) is 2. The van der Waals surface area contributed by atoms with Gasteiger partial charge in [-0.15, -0.1) is 0 Å². The van der Waals surface area contributed by atoms with Crippen molar-refractivity contribution in [3.05, 3.63) is 29.3 Å². The van der Waals surface area contributed by atoms with Gasteiger partial charge in [-0.05, 0) is 36.1 Å². The van der Waals surface area contributed by atoms with Crippen molar-refractivity contribution in [1.82, 2.24) is 5.32 Å². The Bertz CT molecular complexity index is 565. The van der Waals surface area contributed by atoms with E-state index in [9.17, 15) is 14.7 Å². The third-order valence-electron chi connectivity index (χ3n) is 3.80. The van der Waals surface area contributed by atoms with E-state index in [1.54, 1.807) is 18.2 Å². The standard InChI is InChI=1S/C15H17NO5/c17-14(12-2-1-6-20-12)16-13(15(18)19)10-3-4-11-9(8-10)5-7-21-11/h3-4,8,12-13H,1-2,5-7H2,(H,16,17)(H,18,19). The normalized spacial score (nSPS) is 21.4. The van der Waals surface area contributed by atoms with Crippen LogP contribution in [-0.4, -0.2) is 36.3 Å². The van der Waals surface area contributed by atoms with Crippen molar-refractivity contribution in [2.75, 3.05) is 13.2 Å². The summed E-state index contributed by atoms with van der Waals surface area (Å²) >= 11 is 0. The molecule has 1 aromatic carbocycles. The molecular weight excluding hydrogens is 274 g/mol. The highest BCUT2D eigenvalue weighted by atomic mass is 16.5. The third kappa shape index (κ3) is 2.85. The maximum absolute atomic E-state index is 12.0. The smallest absolute Gasteiger partial charge is 0.330 e. The Kier molecular flexibility index (Phi) is 3.79. The van der Waals surface area contributed by atoms with Crippen molar-refractivity contribution >= 4 is 11.9 Å². The lowest BCUT2D eigenvalue weighted by Crippen LogP contribution is -2.40. The maximum Gasteiger partial charge on any atom is 0.330 e. The molecule has 0 saturated carbocycles. The quantitative estimate of drug-likeness (QED) is 0.866. The number of carbonyl (C=O) groups is 2. The van der Waals surface area contributed by atoms with Gasteiger partial charge in [0.25, 0.3) is 0 Å². The summed E-state index contributed by atoms with van der Waals surface area (Å²) in [5.41, 5.74) is 1.53. The summed E-state index contributed by atoms with van der Waals surface area (Å²) < 4.78 is 10.7. The van der Waals surface area contributed by atoms with E-state index in [2.05, 4.69) is 5.32 Å². The lowest BCUT2D eigenvalue weighted by Gasteiger charge is -2.18. The van der Waals surface area contributed by atoms with E-state index in [1.165, 1.54) is 0 Å². The van der Waals surface area contributed by atoms with Gasteiger partial charge < -0.3 is 19.9 Å². The van der Waals surface area contributed by atoms with Gasteiger partial charge in [0.15, 0.2) is 6.04 Å². The van der Waals surface area contributed by atoms with Crippen LogP contribution in [0.1, 0.15) is 30.0 Å². The number of carboxylic acid groups (broad SMARTS) is 1. The molecule has 1 amide bonds. The first-order valence-corrected chi connectivity index (χ1v) is 7.05. The Morgan fingerprint density at radius 3 is 2.90 bits per heavy atom. The second kappa shape index (κ2) is 5.73. The van der Waals surface area contributed by atoms with Crippen LogP contribution in [0.4, 0.5) is 0 Å². The molecular formula is C15H17NO5. The van der Waals surface area contributed by atoms with Crippen LogP contribution in [0.2, 0.25) is 0 Å². The Morgan fingerprint density at radius 1 is 1.33 bits per heavy atom. The number of carbonyl (C=O) groups excluding carboxylic acids is 1. The SMILES string of the molecule is O=C(NC(C(=O)O)c1ccc2c(c1)CCO2)C1CCCO1. The summed E-state index contributed by atoms with van der Waals surface area (Å²) in [4.78, 5) is 23.5. The highest BCUT2D eigenvalue weighted by molar-refractivity contribution is 5.87. The molecule has 0 bridgehead atoms. The number of amides is 1. The average molecular weight is 291 g/mol. The van der Waals surface area contributed by atoms with E-state index >= 15 is 0 Å². The summed E-state index contributed by atoms with van der Waals surface area (Å²) in [6.07, 6.45) is 1.68. The van der Waals surface area contributed by atoms with Gasteiger partial charge in [-0.3, -0.25) is 4.79 Å². The van der Waals surface area contributed by atoms with E-state index in [0.717, 1.165) is 24.2 Å². The second-order valence-corrected chi connectivity index (χ2v) is 5.25. The molecule has 2 aliphatic heterocycles. The first-order valence-electron chi connectivity index (χ1n) is 7.05. The van der Waals surface area contributed by atoms with E-state index < -0.39 is 18.1 Å². The molecule has 0 aliphatic carbocycles. The van der Waals surface area contributed by atoms with Crippen LogP contribution in [0.15, 0.2) is 18.2 Å². The number of aliphatic carboxylic acids is 1. The Balaban J connectivity index is 1.78. The number of fused-ring (bicyclic) bond motifs is 1. The molecule has 112 valence electrons. The number of nitrogens with one attached hydrogen (secondary N) is 1. The first kappa shape index (κ1) is 13.9. The van der Waals surface area contributed by atoms with Gasteiger partial charge in [0.1, 0.15) is 11.9 Å². The van der Waals surface area contributed by atoms with Crippen LogP contribution in [-0.2, 0) is 20.7 Å². The van der Waals surface area contributed by atoms with Crippen molar-refractivity contribution in [1.29, 1.82) is 0 Å². The molecule has 1 fully saturated rings. The minimum atomic E-state index is -1.08. The van der Waals surface area contributed by atoms with Crippen LogP contribution in [0.5, 0.6) is 5.75 Å². The maximum atomic E-state index is 12.0. The third-order valence-corrected chi connectivity index (χ3v) is 3.80. The molecule has 0 aromatic heterocycles. The molecule has 2 heterocycles. The van der Waals surface area contributed by atoms with Gasteiger partial charge in [-0.1, -0.05) is 6.07 Å². The summed E-state index contributed by atoms with van der Waals surface area (Å²) in [7, 11) is 0. The zero-order valence-corrected chi connectivity index (χ0v) is 11.5. The molecule has 2 aliphatic rings. The molecule has 3 rings (SSSR count).